The van der Waals surface area contributed by atoms with E-state index in [9.17, 15) is 4.79 Å². The van der Waals surface area contributed by atoms with E-state index in [1.165, 1.54) is 4.90 Å². The highest BCUT2D eigenvalue weighted by Crippen LogP contribution is 2.30. The number of allylic oxidation sites excluding steroid dienone is 1. The first kappa shape index (κ1) is 20.1. The predicted molar refractivity (Wildman–Crippen MR) is 110 cm³/mol. The lowest BCUT2D eigenvalue weighted by atomic mass is 10.1. The number of rotatable bonds is 10. The average Bonchev–Trinajstić information content (AvgIpc) is 2.66. The summed E-state index contributed by atoms with van der Waals surface area (Å²) in [6, 6.07) is 13.4. The first-order valence-corrected chi connectivity index (χ1v) is 10.0. The minimum Gasteiger partial charge on any atom is -0.493 e. The molecule has 3 nitrogen and oxygen atoms in total. The van der Waals surface area contributed by atoms with Crippen LogP contribution in [0.4, 0.5) is 0 Å². The monoisotopic (exact) mass is 370 g/mol. The fourth-order valence-corrected chi connectivity index (χ4v) is 3.21. The summed E-state index contributed by atoms with van der Waals surface area (Å²) in [6.45, 7) is 7.14. The van der Waals surface area contributed by atoms with Gasteiger partial charge in [0, 0.05) is 10.5 Å². The Morgan fingerprint density at radius 2 is 1.58 bits per heavy atom. The third-order valence-corrected chi connectivity index (χ3v) is 4.86. The van der Waals surface area contributed by atoms with Crippen molar-refractivity contribution in [3.05, 3.63) is 59.7 Å². The van der Waals surface area contributed by atoms with Crippen LogP contribution in [0.3, 0.4) is 0 Å². The summed E-state index contributed by atoms with van der Waals surface area (Å²) in [6.07, 6.45) is 4.49. The number of ether oxygens (including phenoxy) is 2. The third kappa shape index (κ3) is 5.67. The number of benzene rings is 2. The lowest BCUT2D eigenvalue weighted by Gasteiger charge is -2.12. The van der Waals surface area contributed by atoms with Crippen molar-refractivity contribution in [3.63, 3.8) is 0 Å². The van der Waals surface area contributed by atoms with Gasteiger partial charge in [0.15, 0.2) is 5.78 Å². The molecular formula is C22H26O3S. The number of hydrogen-bond acceptors (Lipinski definition) is 4. The maximum Gasteiger partial charge on any atom is 0.185 e. The van der Waals surface area contributed by atoms with Crippen LogP contribution in [0.15, 0.2) is 53.4 Å². The average molecular weight is 371 g/mol. The first-order valence-electron chi connectivity index (χ1n) is 9.03. The van der Waals surface area contributed by atoms with Gasteiger partial charge in [-0.25, -0.2) is 0 Å². The fourth-order valence-electron chi connectivity index (χ4n) is 2.44. The standard InChI is InChI=1S/C22H26O3S/c1-4-16-26-18-12-10-17(11-13-18)20(23)15-14-19-21(24-5-2)8-7-9-22(19)25-6-3/h7-15H,4-6,16H2,1-3H3. The minimum absolute atomic E-state index is 0.0363. The molecule has 2 aromatic rings. The van der Waals surface area contributed by atoms with Crippen LogP contribution in [0.25, 0.3) is 6.08 Å². The normalized spacial score (nSPS) is 10.9. The smallest absolute Gasteiger partial charge is 0.185 e. The first-order chi connectivity index (χ1) is 12.7. The molecule has 0 heterocycles. The SMILES string of the molecule is CCCSc1ccc(C(=O)C=Cc2c(OCC)cccc2OCC)cc1. The van der Waals surface area contributed by atoms with E-state index in [2.05, 4.69) is 6.92 Å². The van der Waals surface area contributed by atoms with Crippen LogP contribution in [0, 0.1) is 0 Å². The van der Waals surface area contributed by atoms with Gasteiger partial charge in [0.25, 0.3) is 0 Å². The highest BCUT2D eigenvalue weighted by molar-refractivity contribution is 7.99. The molecule has 138 valence electrons. The van der Waals surface area contributed by atoms with Gasteiger partial charge in [-0.2, -0.15) is 0 Å². The van der Waals surface area contributed by atoms with E-state index in [0.717, 1.165) is 17.7 Å². The van der Waals surface area contributed by atoms with Crippen molar-refractivity contribution in [1.82, 2.24) is 0 Å². The Kier molecular flexibility index (Phi) is 8.29. The zero-order chi connectivity index (χ0) is 18.8. The molecule has 0 aliphatic heterocycles. The van der Waals surface area contributed by atoms with E-state index in [1.807, 2.05) is 56.3 Å². The number of carbonyl (C=O) groups is 1. The topological polar surface area (TPSA) is 35.5 Å². The maximum absolute atomic E-state index is 12.5. The van der Waals surface area contributed by atoms with Crippen LogP contribution in [-0.4, -0.2) is 24.7 Å². The predicted octanol–water partition coefficient (Wildman–Crippen LogP) is 5.88. The summed E-state index contributed by atoms with van der Waals surface area (Å²) in [5.74, 6) is 2.48. The minimum atomic E-state index is -0.0363. The lowest BCUT2D eigenvalue weighted by molar-refractivity contribution is 0.104. The van der Waals surface area contributed by atoms with E-state index in [-0.39, 0.29) is 5.78 Å². The zero-order valence-electron chi connectivity index (χ0n) is 15.7. The van der Waals surface area contributed by atoms with E-state index >= 15 is 0 Å². The largest absolute Gasteiger partial charge is 0.493 e. The summed E-state index contributed by atoms with van der Waals surface area (Å²) < 4.78 is 11.3. The van der Waals surface area contributed by atoms with Gasteiger partial charge in [0.2, 0.25) is 0 Å². The Morgan fingerprint density at radius 1 is 0.962 bits per heavy atom. The van der Waals surface area contributed by atoms with Gasteiger partial charge in [0.1, 0.15) is 11.5 Å². The second kappa shape index (κ2) is 10.7. The van der Waals surface area contributed by atoms with Gasteiger partial charge >= 0.3 is 0 Å². The maximum atomic E-state index is 12.5. The molecule has 0 saturated carbocycles. The van der Waals surface area contributed by atoms with Crippen LogP contribution in [-0.2, 0) is 0 Å². The second-order valence-electron chi connectivity index (χ2n) is 5.60. The number of hydrogen-bond donors (Lipinski definition) is 0. The molecule has 2 aromatic carbocycles. The van der Waals surface area contributed by atoms with Crippen LogP contribution in [0.2, 0.25) is 0 Å². The molecule has 0 aliphatic carbocycles. The summed E-state index contributed by atoms with van der Waals surface area (Å²) in [5, 5.41) is 0. The van der Waals surface area contributed by atoms with Crippen molar-refractivity contribution in [2.75, 3.05) is 19.0 Å². The van der Waals surface area contributed by atoms with E-state index in [4.69, 9.17) is 9.47 Å². The van der Waals surface area contributed by atoms with Gasteiger partial charge < -0.3 is 9.47 Å². The Labute approximate surface area is 160 Å². The molecular weight excluding hydrogens is 344 g/mol. The molecule has 0 N–H and O–H groups in total. The highest BCUT2D eigenvalue weighted by atomic mass is 32.2. The molecule has 0 saturated heterocycles. The van der Waals surface area contributed by atoms with Crippen LogP contribution < -0.4 is 9.47 Å². The molecule has 0 atom stereocenters. The van der Waals surface area contributed by atoms with Crippen molar-refractivity contribution < 1.29 is 14.3 Å². The molecule has 0 spiro atoms. The van der Waals surface area contributed by atoms with E-state index in [1.54, 1.807) is 23.9 Å². The van der Waals surface area contributed by atoms with Crippen molar-refractivity contribution >= 4 is 23.6 Å². The molecule has 2 rings (SSSR count). The van der Waals surface area contributed by atoms with Crippen LogP contribution >= 0.6 is 11.8 Å². The van der Waals surface area contributed by atoms with Crippen molar-refractivity contribution in [2.45, 2.75) is 32.1 Å². The van der Waals surface area contributed by atoms with Gasteiger partial charge in [-0.1, -0.05) is 13.0 Å². The van der Waals surface area contributed by atoms with Gasteiger partial charge in [-0.15, -0.1) is 11.8 Å². The molecule has 0 fully saturated rings. The van der Waals surface area contributed by atoms with E-state index < -0.39 is 0 Å². The molecule has 0 amide bonds. The number of ketones is 1. The number of thioether (sulfide) groups is 1. The Balaban J connectivity index is 2.18. The quantitative estimate of drug-likeness (QED) is 0.297. The van der Waals surface area contributed by atoms with Crippen molar-refractivity contribution in [3.8, 4) is 11.5 Å². The third-order valence-electron chi connectivity index (χ3n) is 3.64. The molecule has 0 aliphatic rings. The van der Waals surface area contributed by atoms with Gasteiger partial charge in [-0.3, -0.25) is 4.79 Å². The fraction of sp³-hybridized carbons (Fsp3) is 0.318. The Bertz CT molecular complexity index is 711. The van der Waals surface area contributed by atoms with Crippen molar-refractivity contribution in [1.29, 1.82) is 0 Å². The Morgan fingerprint density at radius 3 is 2.12 bits per heavy atom. The zero-order valence-corrected chi connectivity index (χ0v) is 16.5. The highest BCUT2D eigenvalue weighted by Gasteiger charge is 2.09. The second-order valence-corrected chi connectivity index (χ2v) is 6.77. The molecule has 0 radical (unpaired) electrons. The molecule has 4 heteroatoms. The molecule has 0 aromatic heterocycles. The summed E-state index contributed by atoms with van der Waals surface area (Å²) in [5.41, 5.74) is 1.47. The molecule has 0 bridgehead atoms. The van der Waals surface area contributed by atoms with Crippen LogP contribution in [0.1, 0.15) is 43.1 Å². The summed E-state index contributed by atoms with van der Waals surface area (Å²) in [7, 11) is 0. The Hall–Kier alpha value is -2.20. The lowest BCUT2D eigenvalue weighted by Crippen LogP contribution is -1.99. The van der Waals surface area contributed by atoms with Crippen LogP contribution in [0.5, 0.6) is 11.5 Å². The molecule has 26 heavy (non-hydrogen) atoms. The van der Waals surface area contributed by atoms with Gasteiger partial charge in [0.05, 0.1) is 18.8 Å². The number of carbonyl (C=O) groups excluding carboxylic acids is 1. The van der Waals surface area contributed by atoms with E-state index in [0.29, 0.717) is 30.3 Å². The summed E-state index contributed by atoms with van der Waals surface area (Å²) >= 11 is 1.80. The van der Waals surface area contributed by atoms with Gasteiger partial charge in [-0.05, 0) is 74.6 Å². The van der Waals surface area contributed by atoms with Crippen molar-refractivity contribution in [2.24, 2.45) is 0 Å². The molecule has 0 unspecified atom stereocenters. The summed E-state index contributed by atoms with van der Waals surface area (Å²) in [4.78, 5) is 13.7.